The van der Waals surface area contributed by atoms with Gasteiger partial charge in [0.2, 0.25) is 0 Å². The van der Waals surface area contributed by atoms with Crippen molar-refractivity contribution in [3.05, 3.63) is 70.8 Å². The number of benzene rings is 1. The second kappa shape index (κ2) is 6.28. The topological polar surface area (TPSA) is 71.3 Å². The van der Waals surface area contributed by atoms with E-state index in [0.717, 1.165) is 11.1 Å². The summed E-state index contributed by atoms with van der Waals surface area (Å²) < 4.78 is 4.95. The van der Waals surface area contributed by atoms with Crippen LogP contribution in [0, 0.1) is 0 Å². The summed E-state index contributed by atoms with van der Waals surface area (Å²) in [6, 6.07) is 14.6. The molecule has 2 N–H and O–H groups in total. The zero-order valence-electron chi connectivity index (χ0n) is 11.4. The highest BCUT2D eigenvalue weighted by Crippen LogP contribution is 2.27. The van der Waals surface area contributed by atoms with Crippen LogP contribution in [0.2, 0.25) is 0 Å². The Bertz CT molecular complexity index is 779. The summed E-state index contributed by atoms with van der Waals surface area (Å²) in [6.07, 6.45) is 1.39. The Labute approximate surface area is 130 Å². The van der Waals surface area contributed by atoms with Gasteiger partial charge in [-0.05, 0) is 29.1 Å². The number of furan rings is 1. The van der Waals surface area contributed by atoms with Crippen LogP contribution < -0.4 is 10.9 Å². The van der Waals surface area contributed by atoms with Crippen molar-refractivity contribution in [3.8, 4) is 11.1 Å². The minimum Gasteiger partial charge on any atom is -0.459 e. The predicted molar refractivity (Wildman–Crippen MR) is 83.4 cm³/mol. The van der Waals surface area contributed by atoms with E-state index in [0.29, 0.717) is 4.88 Å². The van der Waals surface area contributed by atoms with E-state index in [1.165, 1.54) is 23.7 Å². The molecular weight excluding hydrogens is 300 g/mol. The number of hydrazine groups is 1. The van der Waals surface area contributed by atoms with Gasteiger partial charge in [0, 0.05) is 5.56 Å². The smallest absolute Gasteiger partial charge is 0.305 e. The Morgan fingerprint density at radius 3 is 2.41 bits per heavy atom. The van der Waals surface area contributed by atoms with E-state index in [1.807, 2.05) is 41.8 Å². The molecule has 0 aliphatic carbocycles. The molecule has 2 aromatic heterocycles. The molecule has 3 rings (SSSR count). The highest BCUT2D eigenvalue weighted by atomic mass is 32.1. The van der Waals surface area contributed by atoms with Gasteiger partial charge < -0.3 is 4.42 Å². The van der Waals surface area contributed by atoms with Crippen LogP contribution in [0.15, 0.2) is 64.6 Å². The fourth-order valence-corrected chi connectivity index (χ4v) is 2.78. The van der Waals surface area contributed by atoms with Crippen molar-refractivity contribution in [2.24, 2.45) is 0 Å². The van der Waals surface area contributed by atoms with Gasteiger partial charge in [-0.25, -0.2) is 0 Å². The van der Waals surface area contributed by atoms with E-state index in [-0.39, 0.29) is 11.7 Å². The Morgan fingerprint density at radius 1 is 0.909 bits per heavy atom. The van der Waals surface area contributed by atoms with E-state index in [2.05, 4.69) is 10.9 Å². The summed E-state index contributed by atoms with van der Waals surface area (Å²) in [4.78, 5) is 24.5. The number of carbonyl (C=O) groups is 2. The maximum absolute atomic E-state index is 12.2. The predicted octanol–water partition coefficient (Wildman–Crippen LogP) is 3.08. The minimum absolute atomic E-state index is 0.134. The summed E-state index contributed by atoms with van der Waals surface area (Å²) in [5.74, 6) is -0.736. The number of nitrogens with one attached hydrogen (secondary N) is 2. The van der Waals surface area contributed by atoms with Gasteiger partial charge in [-0.3, -0.25) is 20.4 Å². The van der Waals surface area contributed by atoms with Crippen molar-refractivity contribution >= 4 is 23.2 Å². The normalized spacial score (nSPS) is 10.2. The molecule has 22 heavy (non-hydrogen) atoms. The molecule has 5 nitrogen and oxygen atoms in total. The molecule has 2 amide bonds. The lowest BCUT2D eigenvalue weighted by Crippen LogP contribution is -2.41. The molecule has 1 aromatic carbocycles. The maximum atomic E-state index is 12.2. The molecule has 0 saturated carbocycles. The third-order valence-electron chi connectivity index (χ3n) is 2.99. The largest absolute Gasteiger partial charge is 0.459 e. The summed E-state index contributed by atoms with van der Waals surface area (Å²) in [7, 11) is 0. The standard InChI is InChI=1S/C16H12N2O3S/c19-15(13-7-4-9-21-13)17-18-16(20)14-12(8-10-22-14)11-5-2-1-3-6-11/h1-10H,(H,17,19)(H,18,20). The van der Waals surface area contributed by atoms with Gasteiger partial charge in [-0.1, -0.05) is 30.3 Å². The molecule has 0 aliphatic heterocycles. The van der Waals surface area contributed by atoms with Gasteiger partial charge in [0.25, 0.3) is 5.91 Å². The van der Waals surface area contributed by atoms with E-state index in [4.69, 9.17) is 4.42 Å². The Hall–Kier alpha value is -2.86. The molecule has 110 valence electrons. The first-order chi connectivity index (χ1) is 10.8. The fourth-order valence-electron chi connectivity index (χ4n) is 1.97. The van der Waals surface area contributed by atoms with Crippen molar-refractivity contribution in [3.63, 3.8) is 0 Å². The van der Waals surface area contributed by atoms with Crippen molar-refractivity contribution in [1.29, 1.82) is 0 Å². The van der Waals surface area contributed by atoms with E-state index >= 15 is 0 Å². The fraction of sp³-hybridized carbons (Fsp3) is 0. The summed E-state index contributed by atoms with van der Waals surface area (Å²) >= 11 is 1.31. The molecule has 0 unspecified atom stereocenters. The SMILES string of the molecule is O=C(NNC(=O)c1sccc1-c1ccccc1)c1ccco1. The number of amides is 2. The summed E-state index contributed by atoms with van der Waals surface area (Å²) in [5, 5.41) is 1.84. The van der Waals surface area contributed by atoms with Gasteiger partial charge in [-0.15, -0.1) is 11.3 Å². The van der Waals surface area contributed by atoms with Crippen LogP contribution in [0.1, 0.15) is 20.2 Å². The zero-order valence-corrected chi connectivity index (χ0v) is 12.2. The van der Waals surface area contributed by atoms with E-state index < -0.39 is 5.91 Å². The third kappa shape index (κ3) is 2.91. The minimum atomic E-state index is -0.504. The molecule has 0 atom stereocenters. The Morgan fingerprint density at radius 2 is 1.68 bits per heavy atom. The van der Waals surface area contributed by atoms with Crippen LogP contribution in [-0.2, 0) is 0 Å². The zero-order chi connectivity index (χ0) is 15.4. The lowest BCUT2D eigenvalue weighted by atomic mass is 10.1. The van der Waals surface area contributed by atoms with E-state index in [9.17, 15) is 9.59 Å². The summed E-state index contributed by atoms with van der Waals surface area (Å²) in [6.45, 7) is 0. The van der Waals surface area contributed by atoms with Crippen LogP contribution >= 0.6 is 11.3 Å². The van der Waals surface area contributed by atoms with Gasteiger partial charge in [0.1, 0.15) is 4.88 Å². The second-order valence-corrected chi connectivity index (χ2v) is 5.33. The van der Waals surface area contributed by atoms with Gasteiger partial charge >= 0.3 is 5.91 Å². The quantitative estimate of drug-likeness (QED) is 0.730. The van der Waals surface area contributed by atoms with Gasteiger partial charge in [-0.2, -0.15) is 0 Å². The average Bonchev–Trinajstić information content (AvgIpc) is 3.24. The molecule has 0 spiro atoms. The van der Waals surface area contributed by atoms with Crippen molar-refractivity contribution in [2.75, 3.05) is 0 Å². The number of hydrogen-bond donors (Lipinski definition) is 2. The highest BCUT2D eigenvalue weighted by molar-refractivity contribution is 7.12. The van der Waals surface area contributed by atoms with Crippen LogP contribution in [0.3, 0.4) is 0 Å². The lowest BCUT2D eigenvalue weighted by molar-refractivity contribution is 0.0833. The first kappa shape index (κ1) is 14.1. The highest BCUT2D eigenvalue weighted by Gasteiger charge is 2.16. The van der Waals surface area contributed by atoms with Crippen molar-refractivity contribution in [2.45, 2.75) is 0 Å². The van der Waals surface area contributed by atoms with E-state index in [1.54, 1.807) is 6.07 Å². The molecule has 0 bridgehead atoms. The van der Waals surface area contributed by atoms with Crippen LogP contribution in [0.5, 0.6) is 0 Å². The lowest BCUT2D eigenvalue weighted by Gasteiger charge is -2.07. The number of carbonyl (C=O) groups excluding carboxylic acids is 2. The number of thiophene rings is 1. The van der Waals surface area contributed by atoms with Gasteiger partial charge in [0.05, 0.1) is 6.26 Å². The third-order valence-corrected chi connectivity index (χ3v) is 3.90. The molecular formula is C16H12N2O3S. The van der Waals surface area contributed by atoms with Crippen LogP contribution in [0.4, 0.5) is 0 Å². The molecule has 2 heterocycles. The first-order valence-electron chi connectivity index (χ1n) is 6.53. The van der Waals surface area contributed by atoms with Crippen LogP contribution in [0.25, 0.3) is 11.1 Å². The molecule has 0 fully saturated rings. The van der Waals surface area contributed by atoms with Crippen molar-refractivity contribution < 1.29 is 14.0 Å². The number of hydrogen-bond acceptors (Lipinski definition) is 4. The number of rotatable bonds is 3. The Kier molecular flexibility index (Phi) is 4.02. The second-order valence-electron chi connectivity index (χ2n) is 4.41. The molecule has 6 heteroatoms. The Balaban J connectivity index is 1.71. The van der Waals surface area contributed by atoms with Crippen molar-refractivity contribution in [1.82, 2.24) is 10.9 Å². The summed E-state index contributed by atoms with van der Waals surface area (Å²) in [5.41, 5.74) is 6.50. The molecule has 0 aliphatic rings. The molecule has 3 aromatic rings. The molecule has 0 radical (unpaired) electrons. The monoisotopic (exact) mass is 312 g/mol. The first-order valence-corrected chi connectivity index (χ1v) is 7.41. The van der Waals surface area contributed by atoms with Gasteiger partial charge in [0.15, 0.2) is 5.76 Å². The van der Waals surface area contributed by atoms with Crippen LogP contribution in [-0.4, -0.2) is 11.8 Å². The average molecular weight is 312 g/mol. The maximum Gasteiger partial charge on any atom is 0.305 e. The molecule has 0 saturated heterocycles.